The Morgan fingerprint density at radius 2 is 1.67 bits per heavy atom. The van der Waals surface area contributed by atoms with Crippen molar-refractivity contribution in [1.29, 1.82) is 0 Å². The molecule has 0 atom stereocenters. The molecule has 1 aliphatic rings. The zero-order valence-electron chi connectivity index (χ0n) is 19.5. The number of benzene rings is 3. The Balaban J connectivity index is 1.45. The number of anilines is 4. The Bertz CT molecular complexity index is 1310. The first-order chi connectivity index (χ1) is 16.0. The highest BCUT2D eigenvalue weighted by atomic mass is 15.2. The highest BCUT2D eigenvalue weighted by molar-refractivity contribution is 5.95. The third kappa shape index (κ3) is 4.22. The topological polar surface area (TPSA) is 70.3 Å². The van der Waals surface area contributed by atoms with Gasteiger partial charge in [-0.2, -0.15) is 0 Å². The number of nitrogen functional groups attached to an aromatic ring is 1. The minimum Gasteiger partial charge on any atom is -0.398 e. The van der Waals surface area contributed by atoms with Gasteiger partial charge in [-0.25, -0.2) is 9.97 Å². The second-order valence-corrected chi connectivity index (χ2v) is 8.87. The van der Waals surface area contributed by atoms with Crippen LogP contribution >= 0.6 is 0 Å². The van der Waals surface area contributed by atoms with Crippen LogP contribution in [0.2, 0.25) is 0 Å². The maximum atomic E-state index is 6.17. The standard InChI is InChI=1S/C27H30N6/c1-18-16-21(10-11-25(18)33-14-12-32(3)13-15-33)30-27-29-17-20-6-4-8-23(26(20)31-27)22-7-5-9-24(28)19(22)2/h4-11,16-17H,12-15,28H2,1-3H3,(H,29,30,31). The number of nitrogens with one attached hydrogen (secondary N) is 1. The lowest BCUT2D eigenvalue weighted by Crippen LogP contribution is -2.44. The molecule has 4 aromatic rings. The van der Waals surface area contributed by atoms with Crippen LogP contribution in [0.4, 0.5) is 23.0 Å². The molecule has 1 aliphatic heterocycles. The molecule has 3 aromatic carbocycles. The van der Waals surface area contributed by atoms with Gasteiger partial charge >= 0.3 is 0 Å². The van der Waals surface area contributed by atoms with Crippen molar-refractivity contribution in [3.63, 3.8) is 0 Å². The second kappa shape index (κ2) is 8.71. The smallest absolute Gasteiger partial charge is 0.227 e. The number of para-hydroxylation sites is 1. The molecule has 0 aliphatic carbocycles. The number of hydrogen-bond acceptors (Lipinski definition) is 6. The molecule has 33 heavy (non-hydrogen) atoms. The Hall–Kier alpha value is -3.64. The molecular formula is C27H30N6. The van der Waals surface area contributed by atoms with Crippen molar-refractivity contribution in [1.82, 2.24) is 14.9 Å². The molecule has 1 saturated heterocycles. The summed E-state index contributed by atoms with van der Waals surface area (Å²) >= 11 is 0. The largest absolute Gasteiger partial charge is 0.398 e. The van der Waals surface area contributed by atoms with E-state index in [-0.39, 0.29) is 0 Å². The first kappa shape index (κ1) is 21.2. The Morgan fingerprint density at radius 3 is 2.45 bits per heavy atom. The third-order valence-electron chi connectivity index (χ3n) is 6.57. The summed E-state index contributed by atoms with van der Waals surface area (Å²) in [6.45, 7) is 8.53. The lowest BCUT2D eigenvalue weighted by Gasteiger charge is -2.35. The highest BCUT2D eigenvalue weighted by Crippen LogP contribution is 2.33. The zero-order valence-corrected chi connectivity index (χ0v) is 19.5. The molecule has 0 spiro atoms. The first-order valence-electron chi connectivity index (χ1n) is 11.4. The quantitative estimate of drug-likeness (QED) is 0.438. The van der Waals surface area contributed by atoms with Crippen LogP contribution in [0.3, 0.4) is 0 Å². The van der Waals surface area contributed by atoms with Crippen molar-refractivity contribution in [2.45, 2.75) is 13.8 Å². The van der Waals surface area contributed by atoms with E-state index >= 15 is 0 Å². The fourth-order valence-corrected chi connectivity index (χ4v) is 4.54. The van der Waals surface area contributed by atoms with Gasteiger partial charge < -0.3 is 20.9 Å². The minimum absolute atomic E-state index is 0.586. The van der Waals surface area contributed by atoms with Crippen LogP contribution in [-0.4, -0.2) is 48.1 Å². The molecule has 6 heteroatoms. The van der Waals surface area contributed by atoms with Gasteiger partial charge in [0, 0.05) is 60.4 Å². The molecule has 1 aromatic heterocycles. The van der Waals surface area contributed by atoms with Crippen LogP contribution < -0.4 is 16.0 Å². The molecule has 0 bridgehead atoms. The predicted molar refractivity (Wildman–Crippen MR) is 138 cm³/mol. The summed E-state index contributed by atoms with van der Waals surface area (Å²) in [4.78, 5) is 14.3. The molecule has 0 saturated carbocycles. The van der Waals surface area contributed by atoms with E-state index in [4.69, 9.17) is 10.7 Å². The maximum absolute atomic E-state index is 6.17. The molecule has 0 unspecified atom stereocenters. The van der Waals surface area contributed by atoms with Gasteiger partial charge in [-0.05, 0) is 61.9 Å². The SMILES string of the molecule is Cc1cc(Nc2ncc3cccc(-c4cccc(N)c4C)c3n2)ccc1N1CCN(C)CC1. The fourth-order valence-electron chi connectivity index (χ4n) is 4.54. The van der Waals surface area contributed by atoms with Crippen LogP contribution in [0, 0.1) is 13.8 Å². The molecule has 0 radical (unpaired) electrons. The van der Waals surface area contributed by atoms with Crippen LogP contribution in [0.5, 0.6) is 0 Å². The molecule has 1 fully saturated rings. The minimum atomic E-state index is 0.586. The fraction of sp³-hybridized carbons (Fsp3) is 0.259. The normalized spacial score (nSPS) is 14.6. The number of hydrogen-bond donors (Lipinski definition) is 2. The van der Waals surface area contributed by atoms with Crippen LogP contribution in [0.1, 0.15) is 11.1 Å². The van der Waals surface area contributed by atoms with Gasteiger partial charge in [-0.3, -0.25) is 0 Å². The van der Waals surface area contributed by atoms with Gasteiger partial charge in [-0.15, -0.1) is 0 Å². The summed E-state index contributed by atoms with van der Waals surface area (Å²) in [5.41, 5.74) is 14.6. The lowest BCUT2D eigenvalue weighted by atomic mass is 9.97. The van der Waals surface area contributed by atoms with Crippen molar-refractivity contribution >= 4 is 33.9 Å². The number of likely N-dealkylation sites (N-methyl/N-ethyl adjacent to an activating group) is 1. The number of aryl methyl sites for hydroxylation is 1. The molecule has 168 valence electrons. The number of fused-ring (bicyclic) bond motifs is 1. The van der Waals surface area contributed by atoms with Crippen molar-refractivity contribution in [3.05, 3.63) is 71.9 Å². The van der Waals surface area contributed by atoms with Gasteiger partial charge in [0.2, 0.25) is 5.95 Å². The van der Waals surface area contributed by atoms with E-state index in [1.807, 2.05) is 30.5 Å². The summed E-state index contributed by atoms with van der Waals surface area (Å²) in [7, 11) is 2.18. The number of nitrogens with zero attached hydrogens (tertiary/aromatic N) is 4. The molecule has 5 rings (SSSR count). The number of rotatable bonds is 4. The molecule has 6 nitrogen and oxygen atoms in total. The van der Waals surface area contributed by atoms with Crippen molar-refractivity contribution in [2.75, 3.05) is 49.2 Å². The summed E-state index contributed by atoms with van der Waals surface area (Å²) in [6, 6.07) is 18.7. The van der Waals surface area contributed by atoms with Gasteiger partial charge in [-0.1, -0.05) is 30.3 Å². The van der Waals surface area contributed by atoms with E-state index in [0.717, 1.165) is 65.1 Å². The van der Waals surface area contributed by atoms with E-state index in [1.165, 1.54) is 11.3 Å². The Morgan fingerprint density at radius 1 is 0.909 bits per heavy atom. The average molecular weight is 439 g/mol. The Labute approximate surface area is 195 Å². The highest BCUT2D eigenvalue weighted by Gasteiger charge is 2.16. The van der Waals surface area contributed by atoms with Crippen LogP contribution in [0.25, 0.3) is 22.0 Å². The molecule has 3 N–H and O–H groups in total. The Kier molecular flexibility index (Phi) is 5.60. The average Bonchev–Trinajstić information content (AvgIpc) is 2.81. The van der Waals surface area contributed by atoms with Gasteiger partial charge in [0.25, 0.3) is 0 Å². The van der Waals surface area contributed by atoms with E-state index in [9.17, 15) is 0 Å². The van der Waals surface area contributed by atoms with E-state index < -0.39 is 0 Å². The lowest BCUT2D eigenvalue weighted by molar-refractivity contribution is 0.312. The van der Waals surface area contributed by atoms with Gasteiger partial charge in [0.1, 0.15) is 0 Å². The van der Waals surface area contributed by atoms with Crippen LogP contribution in [-0.2, 0) is 0 Å². The third-order valence-corrected chi connectivity index (χ3v) is 6.57. The summed E-state index contributed by atoms with van der Waals surface area (Å²) in [5.74, 6) is 0.586. The number of nitrogens with two attached hydrogens (primary N) is 1. The molecular weight excluding hydrogens is 408 g/mol. The predicted octanol–water partition coefficient (Wildman–Crippen LogP) is 4.99. The maximum Gasteiger partial charge on any atom is 0.227 e. The molecule has 0 amide bonds. The first-order valence-corrected chi connectivity index (χ1v) is 11.4. The van der Waals surface area contributed by atoms with Crippen LogP contribution in [0.15, 0.2) is 60.8 Å². The summed E-state index contributed by atoms with van der Waals surface area (Å²) in [6.07, 6.45) is 1.88. The number of piperazine rings is 1. The van der Waals surface area contributed by atoms with Gasteiger partial charge in [0.05, 0.1) is 5.52 Å². The monoisotopic (exact) mass is 438 g/mol. The summed E-state index contributed by atoms with van der Waals surface area (Å²) in [5, 5.41) is 4.41. The van der Waals surface area contributed by atoms with E-state index in [1.54, 1.807) is 0 Å². The van der Waals surface area contributed by atoms with E-state index in [2.05, 4.69) is 71.3 Å². The van der Waals surface area contributed by atoms with Gasteiger partial charge in [0.15, 0.2) is 0 Å². The van der Waals surface area contributed by atoms with E-state index in [0.29, 0.717) is 5.95 Å². The molecule has 2 heterocycles. The zero-order chi connectivity index (χ0) is 22.9. The number of aromatic nitrogens is 2. The second-order valence-electron chi connectivity index (χ2n) is 8.87. The summed E-state index contributed by atoms with van der Waals surface area (Å²) < 4.78 is 0. The van der Waals surface area contributed by atoms with Crippen molar-refractivity contribution < 1.29 is 0 Å². The van der Waals surface area contributed by atoms with Crippen molar-refractivity contribution in [2.24, 2.45) is 0 Å². The van der Waals surface area contributed by atoms with Crippen molar-refractivity contribution in [3.8, 4) is 11.1 Å².